The lowest BCUT2D eigenvalue weighted by Crippen LogP contribution is -2.05. The summed E-state index contributed by atoms with van der Waals surface area (Å²) >= 11 is 0. The van der Waals surface area contributed by atoms with Gasteiger partial charge in [-0.1, -0.05) is 6.07 Å². The molecule has 0 atom stereocenters. The molecule has 1 aromatic carbocycles. The van der Waals surface area contributed by atoms with Gasteiger partial charge < -0.3 is 4.42 Å². The molecular formula is C22H20N2O. The van der Waals surface area contributed by atoms with Crippen LogP contribution >= 0.6 is 0 Å². The molecule has 1 aliphatic rings. The van der Waals surface area contributed by atoms with Crippen molar-refractivity contribution in [2.24, 2.45) is 0 Å². The molecule has 3 nitrogen and oxygen atoms in total. The number of pyridine rings is 2. The first-order valence-electron chi connectivity index (χ1n) is 8.99. The zero-order chi connectivity index (χ0) is 17.0. The standard InChI is InChI=1S/C22H20N2O/c1-13-7-9-18(20-16-6-4-3-5-15(16)11-12-23-20)21-19(13)17-10-8-14(2)24-22(17)25-21/h7-12H,3-6H2,1-2H3. The summed E-state index contributed by atoms with van der Waals surface area (Å²) in [6.45, 7) is 4.13. The van der Waals surface area contributed by atoms with Gasteiger partial charge in [0.15, 0.2) is 0 Å². The predicted octanol–water partition coefficient (Wildman–Crippen LogP) is 5.54. The van der Waals surface area contributed by atoms with Crippen LogP contribution in [-0.2, 0) is 12.8 Å². The van der Waals surface area contributed by atoms with Crippen LogP contribution in [0.2, 0.25) is 0 Å². The zero-order valence-electron chi connectivity index (χ0n) is 14.6. The Hall–Kier alpha value is -2.68. The van der Waals surface area contributed by atoms with E-state index in [1.54, 1.807) is 0 Å². The molecule has 0 aliphatic heterocycles. The number of fused-ring (bicyclic) bond motifs is 4. The minimum absolute atomic E-state index is 0.718. The van der Waals surface area contributed by atoms with E-state index in [1.807, 2.05) is 19.2 Å². The molecule has 4 aromatic rings. The summed E-state index contributed by atoms with van der Waals surface area (Å²) in [6, 6.07) is 10.7. The first-order valence-corrected chi connectivity index (χ1v) is 8.99. The Bertz CT molecular complexity index is 1120. The first kappa shape index (κ1) is 14.6. The van der Waals surface area contributed by atoms with Crippen molar-refractivity contribution in [3.63, 3.8) is 0 Å². The third-order valence-corrected chi connectivity index (χ3v) is 5.36. The highest BCUT2D eigenvalue weighted by molar-refractivity contribution is 6.10. The van der Waals surface area contributed by atoms with Crippen LogP contribution in [0.15, 0.2) is 40.9 Å². The van der Waals surface area contributed by atoms with Crippen molar-refractivity contribution in [3.05, 3.63) is 58.9 Å². The fraction of sp³-hybridized carbons (Fsp3) is 0.273. The first-order chi connectivity index (χ1) is 12.2. The van der Waals surface area contributed by atoms with Gasteiger partial charge in [-0.25, -0.2) is 4.98 Å². The molecule has 0 N–H and O–H groups in total. The van der Waals surface area contributed by atoms with Crippen LogP contribution in [0.3, 0.4) is 0 Å². The highest BCUT2D eigenvalue weighted by Crippen LogP contribution is 2.39. The summed E-state index contributed by atoms with van der Waals surface area (Å²) in [5.74, 6) is 0. The quantitative estimate of drug-likeness (QED) is 0.460. The van der Waals surface area contributed by atoms with Crippen LogP contribution in [0.1, 0.15) is 35.2 Å². The van der Waals surface area contributed by atoms with Crippen LogP contribution in [0.5, 0.6) is 0 Å². The summed E-state index contributed by atoms with van der Waals surface area (Å²) in [5, 5.41) is 2.25. The van der Waals surface area contributed by atoms with E-state index >= 15 is 0 Å². The number of hydrogen-bond acceptors (Lipinski definition) is 3. The molecule has 0 saturated heterocycles. The average molecular weight is 328 g/mol. The minimum Gasteiger partial charge on any atom is -0.437 e. The second-order valence-electron chi connectivity index (χ2n) is 7.05. The molecule has 3 heteroatoms. The summed E-state index contributed by atoms with van der Waals surface area (Å²) in [5.41, 5.74) is 8.83. The van der Waals surface area contributed by atoms with Crippen LogP contribution in [-0.4, -0.2) is 9.97 Å². The predicted molar refractivity (Wildman–Crippen MR) is 101 cm³/mol. The summed E-state index contributed by atoms with van der Waals surface area (Å²) in [6.07, 6.45) is 6.71. The molecular weight excluding hydrogens is 308 g/mol. The molecule has 25 heavy (non-hydrogen) atoms. The molecule has 0 fully saturated rings. The van der Waals surface area contributed by atoms with E-state index < -0.39 is 0 Å². The molecule has 0 bridgehead atoms. The van der Waals surface area contributed by atoms with Crippen LogP contribution in [0, 0.1) is 13.8 Å². The third-order valence-electron chi connectivity index (χ3n) is 5.36. The average Bonchev–Trinajstić information content (AvgIpc) is 3.01. The summed E-state index contributed by atoms with van der Waals surface area (Å²) in [4.78, 5) is 9.34. The van der Waals surface area contributed by atoms with Crippen molar-refractivity contribution in [1.82, 2.24) is 9.97 Å². The lowest BCUT2D eigenvalue weighted by atomic mass is 9.88. The smallest absolute Gasteiger partial charge is 0.227 e. The maximum atomic E-state index is 6.24. The number of furan rings is 1. The molecule has 1 aliphatic carbocycles. The molecule has 5 rings (SSSR count). The van der Waals surface area contributed by atoms with E-state index in [2.05, 4.69) is 36.2 Å². The van der Waals surface area contributed by atoms with Crippen LogP contribution < -0.4 is 0 Å². The van der Waals surface area contributed by atoms with Gasteiger partial charge in [0, 0.05) is 28.2 Å². The molecule has 124 valence electrons. The van der Waals surface area contributed by atoms with E-state index in [-0.39, 0.29) is 0 Å². The lowest BCUT2D eigenvalue weighted by molar-refractivity contribution is 0.652. The zero-order valence-corrected chi connectivity index (χ0v) is 14.6. The number of benzene rings is 1. The molecule has 0 saturated carbocycles. The van der Waals surface area contributed by atoms with Gasteiger partial charge in [0.2, 0.25) is 5.71 Å². The molecule has 0 spiro atoms. The Kier molecular flexibility index (Phi) is 3.17. The highest BCUT2D eigenvalue weighted by Gasteiger charge is 2.20. The number of nitrogens with zero attached hydrogens (tertiary/aromatic N) is 2. The normalized spacial score (nSPS) is 14.2. The van der Waals surface area contributed by atoms with E-state index in [1.165, 1.54) is 29.5 Å². The van der Waals surface area contributed by atoms with Crippen LogP contribution in [0.4, 0.5) is 0 Å². The molecule has 0 radical (unpaired) electrons. The maximum absolute atomic E-state index is 6.24. The van der Waals surface area contributed by atoms with Crippen molar-refractivity contribution in [3.8, 4) is 11.3 Å². The van der Waals surface area contributed by atoms with Crippen molar-refractivity contribution < 1.29 is 4.42 Å². The molecule has 0 amide bonds. The van der Waals surface area contributed by atoms with Crippen molar-refractivity contribution >= 4 is 22.1 Å². The number of aryl methyl sites for hydroxylation is 3. The largest absolute Gasteiger partial charge is 0.437 e. The Balaban J connectivity index is 1.86. The summed E-state index contributed by atoms with van der Waals surface area (Å²) < 4.78 is 6.24. The monoisotopic (exact) mass is 328 g/mol. The van der Waals surface area contributed by atoms with Crippen molar-refractivity contribution in [2.75, 3.05) is 0 Å². The number of rotatable bonds is 1. The van der Waals surface area contributed by atoms with Gasteiger partial charge in [-0.05, 0) is 80.5 Å². The third kappa shape index (κ3) is 2.19. The van der Waals surface area contributed by atoms with Gasteiger partial charge in [-0.15, -0.1) is 0 Å². The Labute approximate surface area is 146 Å². The highest BCUT2D eigenvalue weighted by atomic mass is 16.3. The van der Waals surface area contributed by atoms with E-state index in [0.717, 1.165) is 51.9 Å². The lowest BCUT2D eigenvalue weighted by Gasteiger charge is -2.18. The van der Waals surface area contributed by atoms with Gasteiger partial charge in [-0.2, -0.15) is 0 Å². The fourth-order valence-corrected chi connectivity index (χ4v) is 4.10. The van der Waals surface area contributed by atoms with Crippen molar-refractivity contribution in [1.29, 1.82) is 0 Å². The van der Waals surface area contributed by atoms with E-state index in [9.17, 15) is 0 Å². The number of aromatic nitrogens is 2. The van der Waals surface area contributed by atoms with Gasteiger partial charge in [0.05, 0.1) is 5.69 Å². The SMILES string of the molecule is Cc1ccc2c(n1)oc1c(-c3nccc4c3CCCC4)ccc(C)c12. The Morgan fingerprint density at radius 1 is 0.960 bits per heavy atom. The van der Waals surface area contributed by atoms with E-state index in [4.69, 9.17) is 9.40 Å². The molecule has 0 unspecified atom stereocenters. The maximum Gasteiger partial charge on any atom is 0.227 e. The Morgan fingerprint density at radius 2 is 1.84 bits per heavy atom. The van der Waals surface area contributed by atoms with Gasteiger partial charge >= 0.3 is 0 Å². The molecule has 3 aromatic heterocycles. The Morgan fingerprint density at radius 3 is 2.76 bits per heavy atom. The van der Waals surface area contributed by atoms with Crippen molar-refractivity contribution in [2.45, 2.75) is 39.5 Å². The van der Waals surface area contributed by atoms with Gasteiger partial charge in [-0.3, -0.25) is 4.98 Å². The topological polar surface area (TPSA) is 38.9 Å². The van der Waals surface area contributed by atoms with Gasteiger partial charge in [0.1, 0.15) is 5.58 Å². The van der Waals surface area contributed by atoms with E-state index in [0.29, 0.717) is 0 Å². The fourth-order valence-electron chi connectivity index (χ4n) is 4.10. The second-order valence-corrected chi connectivity index (χ2v) is 7.05. The minimum atomic E-state index is 0.718. The molecule has 3 heterocycles. The number of hydrogen-bond donors (Lipinski definition) is 0. The summed E-state index contributed by atoms with van der Waals surface area (Å²) in [7, 11) is 0. The van der Waals surface area contributed by atoms with Crippen LogP contribution in [0.25, 0.3) is 33.3 Å². The second kappa shape index (κ2) is 5.41. The van der Waals surface area contributed by atoms with Gasteiger partial charge in [0.25, 0.3) is 0 Å².